The molecule has 1 unspecified atom stereocenters. The Hall–Kier alpha value is -2.67. The quantitative estimate of drug-likeness (QED) is 0.464. The molecule has 8 heteroatoms. The fourth-order valence-electron chi connectivity index (χ4n) is 3.18. The molecule has 2 amide bonds. The minimum atomic E-state index is -0.614. The molecule has 2 heterocycles. The number of fused-ring (bicyclic) bond motifs is 1. The molecule has 1 fully saturated rings. The van der Waals surface area contributed by atoms with Gasteiger partial charge in [-0.05, 0) is 58.2 Å². The minimum absolute atomic E-state index is 0.303. The van der Waals surface area contributed by atoms with Crippen LogP contribution in [0.15, 0.2) is 29.4 Å². The highest BCUT2D eigenvalue weighted by molar-refractivity contribution is 6.32. The molecule has 0 bridgehead atoms. The van der Waals surface area contributed by atoms with E-state index >= 15 is 0 Å². The highest BCUT2D eigenvalue weighted by Crippen LogP contribution is 2.22. The van der Waals surface area contributed by atoms with Crippen LogP contribution in [0.4, 0.5) is 4.79 Å². The van der Waals surface area contributed by atoms with Gasteiger partial charge >= 0.3 is 6.09 Å². The lowest BCUT2D eigenvalue weighted by atomic mass is 10.1. The number of hydrogen-bond donors (Lipinski definition) is 1. The highest BCUT2D eigenvalue weighted by atomic mass is 35.5. The molecule has 1 aromatic carbocycles. The second kappa shape index (κ2) is 8.37. The van der Waals surface area contributed by atoms with Crippen molar-refractivity contribution in [2.45, 2.75) is 52.2 Å². The Morgan fingerprint density at radius 2 is 2.10 bits per heavy atom. The van der Waals surface area contributed by atoms with Crippen molar-refractivity contribution in [2.24, 2.45) is 5.10 Å². The molecular weight excluding hydrogens is 392 g/mol. The van der Waals surface area contributed by atoms with E-state index < -0.39 is 17.7 Å². The largest absolute Gasteiger partial charge is 0.444 e. The molecule has 29 heavy (non-hydrogen) atoms. The number of rotatable bonds is 3. The fourth-order valence-corrected chi connectivity index (χ4v) is 3.37. The van der Waals surface area contributed by atoms with Gasteiger partial charge in [-0.2, -0.15) is 5.10 Å². The van der Waals surface area contributed by atoms with Crippen LogP contribution in [0.1, 0.15) is 44.7 Å². The molecule has 1 saturated heterocycles. The molecule has 0 radical (unpaired) electrons. The summed E-state index contributed by atoms with van der Waals surface area (Å²) in [6.07, 6.45) is 2.27. The van der Waals surface area contributed by atoms with Crippen molar-refractivity contribution in [3.63, 3.8) is 0 Å². The average Bonchev–Trinajstić information content (AvgIpc) is 3.11. The normalized spacial score (nSPS) is 17.1. The van der Waals surface area contributed by atoms with Crippen LogP contribution in [0.25, 0.3) is 10.9 Å². The second-order valence-corrected chi connectivity index (χ2v) is 8.49. The van der Waals surface area contributed by atoms with Crippen molar-refractivity contribution in [1.82, 2.24) is 15.3 Å². The fraction of sp³-hybridized carbons (Fsp3) is 0.429. The summed E-state index contributed by atoms with van der Waals surface area (Å²) >= 11 is 6.24. The van der Waals surface area contributed by atoms with Crippen LogP contribution < -0.4 is 5.43 Å². The zero-order valence-electron chi connectivity index (χ0n) is 17.0. The molecule has 1 aliphatic heterocycles. The van der Waals surface area contributed by atoms with E-state index in [0.29, 0.717) is 23.7 Å². The number of aryl methyl sites for hydroxylation is 1. The van der Waals surface area contributed by atoms with Crippen molar-refractivity contribution in [2.75, 3.05) is 6.54 Å². The minimum Gasteiger partial charge on any atom is -0.444 e. The van der Waals surface area contributed by atoms with Crippen LogP contribution in [0.2, 0.25) is 5.15 Å². The van der Waals surface area contributed by atoms with E-state index in [9.17, 15) is 9.59 Å². The maximum atomic E-state index is 12.5. The molecule has 154 valence electrons. The molecule has 0 spiro atoms. The van der Waals surface area contributed by atoms with Gasteiger partial charge in [0.2, 0.25) is 0 Å². The maximum absolute atomic E-state index is 12.5. The van der Waals surface area contributed by atoms with Gasteiger partial charge in [-0.25, -0.2) is 15.2 Å². The summed E-state index contributed by atoms with van der Waals surface area (Å²) in [6.45, 7) is 7.86. The van der Waals surface area contributed by atoms with Crippen molar-refractivity contribution >= 4 is 40.7 Å². The van der Waals surface area contributed by atoms with E-state index in [1.165, 1.54) is 11.1 Å². The Balaban J connectivity index is 1.67. The number of pyridine rings is 1. The summed E-state index contributed by atoms with van der Waals surface area (Å²) in [7, 11) is 0. The second-order valence-electron chi connectivity index (χ2n) is 8.13. The zero-order valence-corrected chi connectivity index (χ0v) is 17.8. The van der Waals surface area contributed by atoms with Crippen LogP contribution in [0, 0.1) is 6.92 Å². The SMILES string of the molecule is Cc1ccc2cc(/C=N/NC(=O)C3CCCN3C(=O)OC(C)(C)C)c(Cl)nc2c1. The van der Waals surface area contributed by atoms with Crippen molar-refractivity contribution in [3.05, 3.63) is 40.5 Å². The third-order valence-corrected chi connectivity index (χ3v) is 4.82. The van der Waals surface area contributed by atoms with Crippen LogP contribution in [-0.4, -0.2) is 46.3 Å². The molecule has 2 aromatic rings. The first-order valence-corrected chi connectivity index (χ1v) is 9.91. The first kappa shape index (κ1) is 21.0. The Bertz CT molecular complexity index is 968. The number of aromatic nitrogens is 1. The van der Waals surface area contributed by atoms with Gasteiger partial charge in [0.1, 0.15) is 16.8 Å². The zero-order chi connectivity index (χ0) is 21.2. The number of ether oxygens (including phenoxy) is 1. The lowest BCUT2D eigenvalue weighted by Gasteiger charge is -2.27. The maximum Gasteiger partial charge on any atom is 0.410 e. The van der Waals surface area contributed by atoms with E-state index in [1.807, 2.05) is 31.2 Å². The summed E-state index contributed by atoms with van der Waals surface area (Å²) in [5.41, 5.74) is 4.38. The molecule has 1 aromatic heterocycles. The average molecular weight is 417 g/mol. The summed E-state index contributed by atoms with van der Waals surface area (Å²) in [5, 5.41) is 5.25. The predicted octanol–water partition coefficient (Wildman–Crippen LogP) is 4.05. The third-order valence-electron chi connectivity index (χ3n) is 4.52. The summed E-state index contributed by atoms with van der Waals surface area (Å²) < 4.78 is 5.38. The third kappa shape index (κ3) is 5.23. The van der Waals surface area contributed by atoms with Crippen LogP contribution in [-0.2, 0) is 9.53 Å². The van der Waals surface area contributed by atoms with Gasteiger partial charge < -0.3 is 4.74 Å². The smallest absolute Gasteiger partial charge is 0.410 e. The van der Waals surface area contributed by atoms with Crippen LogP contribution >= 0.6 is 11.6 Å². The van der Waals surface area contributed by atoms with Crippen molar-refractivity contribution in [1.29, 1.82) is 0 Å². The Morgan fingerprint density at radius 1 is 1.34 bits per heavy atom. The van der Waals surface area contributed by atoms with Crippen molar-refractivity contribution < 1.29 is 14.3 Å². The van der Waals surface area contributed by atoms with Gasteiger partial charge in [0.05, 0.1) is 11.7 Å². The number of nitrogens with one attached hydrogen (secondary N) is 1. The van der Waals surface area contributed by atoms with E-state index in [-0.39, 0.29) is 5.91 Å². The Labute approximate surface area is 175 Å². The van der Waals surface area contributed by atoms with Gasteiger partial charge in [-0.15, -0.1) is 0 Å². The van der Waals surface area contributed by atoms with E-state index in [4.69, 9.17) is 16.3 Å². The standard InChI is InChI=1S/C21H25ClN4O3/c1-13-7-8-14-11-15(18(22)24-16(14)10-13)12-23-25-19(27)17-6-5-9-26(17)20(28)29-21(2,3)4/h7-8,10-12,17H,5-6,9H2,1-4H3,(H,25,27)/b23-12+. The topological polar surface area (TPSA) is 83.9 Å². The lowest BCUT2D eigenvalue weighted by molar-refractivity contribution is -0.125. The van der Waals surface area contributed by atoms with Crippen LogP contribution in [0.3, 0.4) is 0 Å². The van der Waals surface area contributed by atoms with E-state index in [2.05, 4.69) is 15.5 Å². The Morgan fingerprint density at radius 3 is 2.83 bits per heavy atom. The monoisotopic (exact) mass is 416 g/mol. The van der Waals surface area contributed by atoms with Gasteiger partial charge in [0, 0.05) is 17.5 Å². The van der Waals surface area contributed by atoms with E-state index in [0.717, 1.165) is 22.9 Å². The van der Waals surface area contributed by atoms with Gasteiger partial charge in [0.25, 0.3) is 5.91 Å². The number of amides is 2. The molecule has 1 atom stereocenters. The number of hydrogen-bond acceptors (Lipinski definition) is 5. The molecule has 3 rings (SSSR count). The first-order chi connectivity index (χ1) is 13.6. The van der Waals surface area contributed by atoms with Gasteiger partial charge in [0.15, 0.2) is 0 Å². The highest BCUT2D eigenvalue weighted by Gasteiger charge is 2.36. The molecule has 1 aliphatic rings. The summed E-state index contributed by atoms with van der Waals surface area (Å²) in [6, 6.07) is 7.17. The number of halogens is 1. The number of hydrazone groups is 1. The number of nitrogens with zero attached hydrogens (tertiary/aromatic N) is 3. The molecular formula is C21H25ClN4O3. The molecule has 0 aliphatic carbocycles. The van der Waals surface area contributed by atoms with Gasteiger partial charge in [-0.1, -0.05) is 23.7 Å². The number of carbonyl (C=O) groups excluding carboxylic acids is 2. The van der Waals surface area contributed by atoms with Crippen LogP contribution in [0.5, 0.6) is 0 Å². The number of likely N-dealkylation sites (tertiary alicyclic amines) is 1. The first-order valence-electron chi connectivity index (χ1n) is 9.53. The summed E-state index contributed by atoms with van der Waals surface area (Å²) in [4.78, 5) is 30.7. The van der Waals surface area contributed by atoms with E-state index in [1.54, 1.807) is 20.8 Å². The predicted molar refractivity (Wildman–Crippen MR) is 113 cm³/mol. The molecule has 0 saturated carbocycles. The Kier molecular flexibility index (Phi) is 6.07. The summed E-state index contributed by atoms with van der Waals surface area (Å²) in [5.74, 6) is -0.356. The van der Waals surface area contributed by atoms with Gasteiger partial charge in [-0.3, -0.25) is 9.69 Å². The van der Waals surface area contributed by atoms with Crippen molar-refractivity contribution in [3.8, 4) is 0 Å². The number of carbonyl (C=O) groups is 2. The lowest BCUT2D eigenvalue weighted by Crippen LogP contribution is -2.46. The molecule has 7 nitrogen and oxygen atoms in total. The molecule has 1 N–H and O–H groups in total. The number of benzene rings is 1.